The first-order valence-electron chi connectivity index (χ1n) is 6.51. The van der Waals surface area contributed by atoms with Crippen LogP contribution in [-0.2, 0) is 17.8 Å². The maximum atomic E-state index is 11.8. The molecule has 0 atom stereocenters. The number of rotatable bonds is 6. The number of hydrogen-bond acceptors (Lipinski definition) is 3. The Morgan fingerprint density at radius 1 is 1.25 bits per heavy atom. The van der Waals surface area contributed by atoms with Crippen molar-refractivity contribution in [3.05, 3.63) is 50.6 Å². The fourth-order valence-electron chi connectivity index (χ4n) is 1.78. The van der Waals surface area contributed by atoms with Gasteiger partial charge in [-0.1, -0.05) is 28.9 Å². The molecule has 106 valence electrons. The zero-order valence-electron chi connectivity index (χ0n) is 11.3. The average molecular weight is 353 g/mol. The van der Waals surface area contributed by atoms with Gasteiger partial charge in [0.15, 0.2) is 0 Å². The number of benzene rings is 1. The lowest BCUT2D eigenvalue weighted by Crippen LogP contribution is -2.27. The summed E-state index contributed by atoms with van der Waals surface area (Å²) >= 11 is 5.17. The second-order valence-electron chi connectivity index (χ2n) is 4.38. The molecule has 0 aliphatic rings. The molecule has 5 heteroatoms. The average Bonchev–Trinajstić information content (AvgIpc) is 2.86. The topological polar surface area (TPSA) is 41.1 Å². The lowest BCUT2D eigenvalue weighted by atomic mass is 10.3. The highest BCUT2D eigenvalue weighted by molar-refractivity contribution is 9.10. The molecule has 0 unspecified atom stereocenters. The molecule has 1 amide bonds. The Bertz CT molecular complexity index is 583. The quantitative estimate of drug-likeness (QED) is 0.829. The van der Waals surface area contributed by atoms with Crippen LogP contribution >= 0.6 is 27.3 Å². The molecule has 0 fully saturated rings. The Balaban J connectivity index is 1.75. The van der Waals surface area contributed by atoms with Gasteiger partial charge in [-0.25, -0.2) is 0 Å². The third-order valence-corrected chi connectivity index (χ3v) is 4.48. The van der Waals surface area contributed by atoms with E-state index in [0.717, 1.165) is 23.1 Å². The van der Waals surface area contributed by atoms with Gasteiger partial charge in [0.25, 0.3) is 0 Å². The predicted octanol–water partition coefficient (Wildman–Crippen LogP) is 3.80. The molecule has 1 aromatic carbocycles. The van der Waals surface area contributed by atoms with Crippen molar-refractivity contribution in [2.24, 2.45) is 0 Å². The minimum absolute atomic E-state index is 0.0321. The number of hydrogen-bond donors (Lipinski definition) is 2. The van der Waals surface area contributed by atoms with Gasteiger partial charge in [0.1, 0.15) is 0 Å². The van der Waals surface area contributed by atoms with Crippen LogP contribution in [0.5, 0.6) is 0 Å². The van der Waals surface area contributed by atoms with E-state index in [1.165, 1.54) is 9.75 Å². The summed E-state index contributed by atoms with van der Waals surface area (Å²) in [6, 6.07) is 11.8. The highest BCUT2D eigenvalue weighted by atomic mass is 79.9. The number of halogens is 1. The van der Waals surface area contributed by atoms with Crippen LogP contribution in [0.25, 0.3) is 0 Å². The second-order valence-corrected chi connectivity index (χ2v) is 6.55. The standard InChI is InChI=1S/C15H17BrN2OS/c1-2-13-6-7-14(20-13)9-17-10-15(19)18-12-5-3-4-11(16)8-12/h3-8,17H,2,9-10H2,1H3,(H,18,19). The number of carbonyl (C=O) groups is 1. The van der Waals surface area contributed by atoms with Gasteiger partial charge in [0.05, 0.1) is 6.54 Å². The third kappa shape index (κ3) is 4.74. The largest absolute Gasteiger partial charge is 0.325 e. The van der Waals surface area contributed by atoms with E-state index >= 15 is 0 Å². The highest BCUT2D eigenvalue weighted by Crippen LogP contribution is 2.17. The first kappa shape index (κ1) is 15.2. The number of amides is 1. The molecular formula is C15H17BrN2OS. The van der Waals surface area contributed by atoms with Crippen LogP contribution in [-0.4, -0.2) is 12.5 Å². The van der Waals surface area contributed by atoms with Crippen molar-refractivity contribution < 1.29 is 4.79 Å². The number of thiophene rings is 1. The summed E-state index contributed by atoms with van der Waals surface area (Å²) in [5.41, 5.74) is 0.801. The third-order valence-electron chi connectivity index (χ3n) is 2.76. The molecule has 2 aromatic rings. The molecule has 0 saturated heterocycles. The molecule has 20 heavy (non-hydrogen) atoms. The smallest absolute Gasteiger partial charge is 0.238 e. The molecule has 0 bridgehead atoms. The van der Waals surface area contributed by atoms with E-state index in [1.54, 1.807) is 11.3 Å². The molecule has 1 heterocycles. The van der Waals surface area contributed by atoms with Crippen LogP contribution in [0, 0.1) is 0 Å². The maximum Gasteiger partial charge on any atom is 0.238 e. The van der Waals surface area contributed by atoms with Gasteiger partial charge in [-0.2, -0.15) is 0 Å². The lowest BCUT2D eigenvalue weighted by Gasteiger charge is -2.06. The van der Waals surface area contributed by atoms with Crippen molar-refractivity contribution in [1.29, 1.82) is 0 Å². The normalized spacial score (nSPS) is 10.5. The monoisotopic (exact) mass is 352 g/mol. The second kappa shape index (κ2) is 7.57. The fraction of sp³-hybridized carbons (Fsp3) is 0.267. The number of anilines is 1. The first-order chi connectivity index (χ1) is 9.67. The van der Waals surface area contributed by atoms with Crippen LogP contribution in [0.2, 0.25) is 0 Å². The zero-order chi connectivity index (χ0) is 14.4. The summed E-state index contributed by atoms with van der Waals surface area (Å²) in [5.74, 6) is -0.0321. The summed E-state index contributed by atoms with van der Waals surface area (Å²) in [4.78, 5) is 14.4. The molecule has 0 aliphatic heterocycles. The van der Waals surface area contributed by atoms with E-state index in [4.69, 9.17) is 0 Å². The number of aryl methyl sites for hydroxylation is 1. The summed E-state index contributed by atoms with van der Waals surface area (Å²) in [6.07, 6.45) is 1.06. The fourth-order valence-corrected chi connectivity index (χ4v) is 3.10. The lowest BCUT2D eigenvalue weighted by molar-refractivity contribution is -0.115. The molecule has 0 aliphatic carbocycles. The van der Waals surface area contributed by atoms with Gasteiger partial charge in [0, 0.05) is 26.5 Å². The Hall–Kier alpha value is -1.17. The van der Waals surface area contributed by atoms with Crippen molar-refractivity contribution >= 4 is 38.9 Å². The molecule has 3 nitrogen and oxygen atoms in total. The van der Waals surface area contributed by atoms with Crippen molar-refractivity contribution in [2.75, 3.05) is 11.9 Å². The molecule has 2 N–H and O–H groups in total. The van der Waals surface area contributed by atoms with E-state index in [-0.39, 0.29) is 5.91 Å². The molecule has 0 saturated carbocycles. The Morgan fingerprint density at radius 2 is 2.05 bits per heavy atom. The van der Waals surface area contributed by atoms with Gasteiger partial charge in [-0.15, -0.1) is 11.3 Å². The van der Waals surface area contributed by atoms with E-state index in [9.17, 15) is 4.79 Å². The molecule has 0 radical (unpaired) electrons. The number of carbonyl (C=O) groups excluding carboxylic acids is 1. The van der Waals surface area contributed by atoms with Crippen LogP contribution < -0.4 is 10.6 Å². The van der Waals surface area contributed by atoms with Gasteiger partial charge in [-0.05, 0) is 36.8 Å². The Kier molecular flexibility index (Phi) is 5.76. The van der Waals surface area contributed by atoms with Crippen LogP contribution in [0.15, 0.2) is 40.9 Å². The maximum absolute atomic E-state index is 11.8. The Morgan fingerprint density at radius 3 is 2.75 bits per heavy atom. The van der Waals surface area contributed by atoms with Crippen molar-refractivity contribution in [3.8, 4) is 0 Å². The van der Waals surface area contributed by atoms with E-state index in [0.29, 0.717) is 6.54 Å². The highest BCUT2D eigenvalue weighted by Gasteiger charge is 2.03. The minimum Gasteiger partial charge on any atom is -0.325 e. The Labute approximate surface area is 131 Å². The van der Waals surface area contributed by atoms with Crippen LogP contribution in [0.4, 0.5) is 5.69 Å². The molecule has 0 spiro atoms. The van der Waals surface area contributed by atoms with E-state index in [1.807, 2.05) is 24.3 Å². The summed E-state index contributed by atoms with van der Waals surface area (Å²) in [7, 11) is 0. The van der Waals surface area contributed by atoms with Gasteiger partial charge in [0.2, 0.25) is 5.91 Å². The number of nitrogens with one attached hydrogen (secondary N) is 2. The molecular weight excluding hydrogens is 336 g/mol. The van der Waals surface area contributed by atoms with Crippen molar-refractivity contribution in [2.45, 2.75) is 19.9 Å². The summed E-state index contributed by atoms with van der Waals surface area (Å²) in [5, 5.41) is 6.02. The predicted molar refractivity (Wildman–Crippen MR) is 88.2 cm³/mol. The van der Waals surface area contributed by atoms with Crippen LogP contribution in [0.3, 0.4) is 0 Å². The van der Waals surface area contributed by atoms with Gasteiger partial charge < -0.3 is 10.6 Å². The van der Waals surface area contributed by atoms with Gasteiger partial charge >= 0.3 is 0 Å². The molecule has 1 aromatic heterocycles. The molecule has 2 rings (SSSR count). The SMILES string of the molecule is CCc1ccc(CNCC(=O)Nc2cccc(Br)c2)s1. The summed E-state index contributed by atoms with van der Waals surface area (Å²) < 4.78 is 0.953. The van der Waals surface area contributed by atoms with Crippen LogP contribution in [0.1, 0.15) is 16.7 Å². The van der Waals surface area contributed by atoms with Crippen molar-refractivity contribution in [1.82, 2.24) is 5.32 Å². The van der Waals surface area contributed by atoms with E-state index in [2.05, 4.69) is 45.6 Å². The van der Waals surface area contributed by atoms with Gasteiger partial charge in [-0.3, -0.25) is 4.79 Å². The first-order valence-corrected chi connectivity index (χ1v) is 8.12. The van der Waals surface area contributed by atoms with E-state index < -0.39 is 0 Å². The zero-order valence-corrected chi connectivity index (χ0v) is 13.7. The minimum atomic E-state index is -0.0321. The summed E-state index contributed by atoms with van der Waals surface area (Å²) in [6.45, 7) is 3.19. The van der Waals surface area contributed by atoms with Crippen molar-refractivity contribution in [3.63, 3.8) is 0 Å².